The van der Waals surface area contributed by atoms with Crippen LogP contribution >= 0.6 is 15.9 Å². The second-order valence-corrected chi connectivity index (χ2v) is 6.72. The minimum absolute atomic E-state index is 0.726. The molecule has 0 amide bonds. The van der Waals surface area contributed by atoms with E-state index in [1.807, 2.05) is 0 Å². The lowest BCUT2D eigenvalue weighted by atomic mass is 9.76. The first-order chi connectivity index (χ1) is 9.72. The molecule has 3 heteroatoms. The van der Waals surface area contributed by atoms with Gasteiger partial charge in [-0.15, -0.1) is 0 Å². The lowest BCUT2D eigenvalue weighted by Gasteiger charge is -2.37. The number of rotatable bonds is 8. The first kappa shape index (κ1) is 16.0. The Labute approximate surface area is 132 Å². The first-order valence-electron chi connectivity index (χ1n) is 7.94. The molecule has 0 saturated heterocycles. The first-order valence-corrected chi connectivity index (χ1v) is 8.73. The van der Waals surface area contributed by atoms with Crippen molar-refractivity contribution in [3.05, 3.63) is 34.3 Å². The maximum Gasteiger partial charge on any atom is 0.0175 e. The Bertz CT molecular complexity index is 384. The smallest absolute Gasteiger partial charge is 0.0175 e. The molecule has 1 aliphatic carbocycles. The highest BCUT2D eigenvalue weighted by Crippen LogP contribution is 2.37. The van der Waals surface area contributed by atoms with E-state index in [1.54, 1.807) is 0 Å². The fraction of sp³-hybridized carbons (Fsp3) is 0.647. The Morgan fingerprint density at radius 1 is 1.15 bits per heavy atom. The number of nitrogens with one attached hydrogen (secondary N) is 1. The standard InChI is InChI=1S/C17H27BrN2/c1-3-10-20(4-2)11-9-19-17-12-15(13-17)14-5-7-16(18)8-6-14/h5-8,15,17,19H,3-4,9-13H2,1-2H3. The van der Waals surface area contributed by atoms with E-state index < -0.39 is 0 Å². The second-order valence-electron chi connectivity index (χ2n) is 5.81. The summed E-state index contributed by atoms with van der Waals surface area (Å²) in [6.07, 6.45) is 3.84. The van der Waals surface area contributed by atoms with Crippen LogP contribution in [0.1, 0.15) is 44.6 Å². The molecule has 2 nitrogen and oxygen atoms in total. The summed E-state index contributed by atoms with van der Waals surface area (Å²) in [6.45, 7) is 9.22. The Hall–Kier alpha value is -0.380. The molecule has 0 heterocycles. The number of hydrogen-bond acceptors (Lipinski definition) is 2. The van der Waals surface area contributed by atoms with Crippen LogP contribution in [0.15, 0.2) is 28.7 Å². The molecule has 0 aromatic heterocycles. The maximum absolute atomic E-state index is 3.70. The van der Waals surface area contributed by atoms with E-state index in [1.165, 1.54) is 48.9 Å². The van der Waals surface area contributed by atoms with Gasteiger partial charge in [-0.05, 0) is 56.0 Å². The second kappa shape index (κ2) is 8.16. The highest BCUT2D eigenvalue weighted by atomic mass is 79.9. The molecule has 0 bridgehead atoms. The third-order valence-electron chi connectivity index (χ3n) is 4.33. The molecule has 1 aliphatic rings. The molecule has 1 saturated carbocycles. The van der Waals surface area contributed by atoms with Crippen LogP contribution in [0.2, 0.25) is 0 Å². The SMILES string of the molecule is CCCN(CC)CCNC1CC(c2ccc(Br)cc2)C1. The fourth-order valence-corrected chi connectivity index (χ4v) is 3.23. The number of hydrogen-bond donors (Lipinski definition) is 1. The van der Waals surface area contributed by atoms with Crippen LogP contribution in [0.5, 0.6) is 0 Å². The summed E-state index contributed by atoms with van der Waals surface area (Å²) < 4.78 is 1.17. The molecule has 112 valence electrons. The van der Waals surface area contributed by atoms with Crippen LogP contribution < -0.4 is 5.32 Å². The van der Waals surface area contributed by atoms with Crippen molar-refractivity contribution in [1.82, 2.24) is 10.2 Å². The van der Waals surface area contributed by atoms with Crippen molar-refractivity contribution < 1.29 is 0 Å². The van der Waals surface area contributed by atoms with Gasteiger partial charge >= 0.3 is 0 Å². The number of likely N-dealkylation sites (N-methyl/N-ethyl adjacent to an activating group) is 1. The summed E-state index contributed by atoms with van der Waals surface area (Å²) in [5, 5.41) is 3.70. The zero-order chi connectivity index (χ0) is 14.4. The van der Waals surface area contributed by atoms with Gasteiger partial charge in [-0.2, -0.15) is 0 Å². The minimum atomic E-state index is 0.726. The number of halogens is 1. The Kier molecular flexibility index (Phi) is 6.53. The van der Waals surface area contributed by atoms with Gasteiger partial charge in [0.25, 0.3) is 0 Å². The monoisotopic (exact) mass is 338 g/mol. The topological polar surface area (TPSA) is 15.3 Å². The molecule has 0 atom stereocenters. The van der Waals surface area contributed by atoms with Crippen LogP contribution in [0.25, 0.3) is 0 Å². The van der Waals surface area contributed by atoms with Crippen LogP contribution in [-0.4, -0.2) is 37.1 Å². The highest BCUT2D eigenvalue weighted by molar-refractivity contribution is 9.10. The van der Waals surface area contributed by atoms with Gasteiger partial charge in [-0.1, -0.05) is 41.9 Å². The van der Waals surface area contributed by atoms with E-state index in [2.05, 4.69) is 64.3 Å². The summed E-state index contributed by atoms with van der Waals surface area (Å²) in [7, 11) is 0. The van der Waals surface area contributed by atoms with Crippen molar-refractivity contribution in [2.24, 2.45) is 0 Å². The lowest BCUT2D eigenvalue weighted by Crippen LogP contribution is -2.43. The Morgan fingerprint density at radius 3 is 2.45 bits per heavy atom. The van der Waals surface area contributed by atoms with Crippen molar-refractivity contribution in [2.45, 2.75) is 45.1 Å². The molecule has 20 heavy (non-hydrogen) atoms. The molecule has 1 aromatic carbocycles. The van der Waals surface area contributed by atoms with Gasteiger partial charge in [0.05, 0.1) is 0 Å². The van der Waals surface area contributed by atoms with Crippen molar-refractivity contribution in [3.63, 3.8) is 0 Å². The molecule has 0 aliphatic heterocycles. The van der Waals surface area contributed by atoms with E-state index in [4.69, 9.17) is 0 Å². The van der Waals surface area contributed by atoms with Crippen LogP contribution in [-0.2, 0) is 0 Å². The van der Waals surface area contributed by atoms with Crippen molar-refractivity contribution >= 4 is 15.9 Å². The van der Waals surface area contributed by atoms with Gasteiger partial charge in [0.1, 0.15) is 0 Å². The zero-order valence-corrected chi connectivity index (χ0v) is 14.3. The van der Waals surface area contributed by atoms with Crippen molar-refractivity contribution in [1.29, 1.82) is 0 Å². The van der Waals surface area contributed by atoms with Crippen LogP contribution in [0.4, 0.5) is 0 Å². The third-order valence-corrected chi connectivity index (χ3v) is 4.86. The lowest BCUT2D eigenvalue weighted by molar-refractivity contribution is 0.250. The molecule has 0 spiro atoms. The van der Waals surface area contributed by atoms with E-state index in [9.17, 15) is 0 Å². The minimum Gasteiger partial charge on any atom is -0.313 e. The Morgan fingerprint density at radius 2 is 1.85 bits per heavy atom. The van der Waals surface area contributed by atoms with Crippen molar-refractivity contribution in [3.8, 4) is 0 Å². The maximum atomic E-state index is 3.70. The van der Waals surface area contributed by atoms with E-state index in [0.29, 0.717) is 0 Å². The molecule has 0 radical (unpaired) electrons. The summed E-state index contributed by atoms with van der Waals surface area (Å²) in [5.74, 6) is 0.763. The largest absolute Gasteiger partial charge is 0.313 e. The predicted octanol–water partition coefficient (Wildman–Crippen LogP) is 4.02. The quantitative estimate of drug-likeness (QED) is 0.770. The van der Waals surface area contributed by atoms with Crippen LogP contribution in [0, 0.1) is 0 Å². The molecule has 1 aromatic rings. The molecule has 1 N–H and O–H groups in total. The van der Waals surface area contributed by atoms with Crippen molar-refractivity contribution in [2.75, 3.05) is 26.2 Å². The van der Waals surface area contributed by atoms with Gasteiger partial charge in [0.2, 0.25) is 0 Å². The van der Waals surface area contributed by atoms with Gasteiger partial charge in [-0.3, -0.25) is 0 Å². The number of nitrogens with zero attached hydrogens (tertiary/aromatic N) is 1. The molecular formula is C17H27BrN2. The van der Waals surface area contributed by atoms with E-state index >= 15 is 0 Å². The van der Waals surface area contributed by atoms with Crippen LogP contribution in [0.3, 0.4) is 0 Å². The summed E-state index contributed by atoms with van der Waals surface area (Å²) in [4.78, 5) is 2.53. The van der Waals surface area contributed by atoms with E-state index in [-0.39, 0.29) is 0 Å². The summed E-state index contributed by atoms with van der Waals surface area (Å²) >= 11 is 3.50. The Balaban J connectivity index is 1.63. The van der Waals surface area contributed by atoms with Gasteiger partial charge in [0.15, 0.2) is 0 Å². The highest BCUT2D eigenvalue weighted by Gasteiger charge is 2.29. The summed E-state index contributed by atoms with van der Waals surface area (Å²) in [5.41, 5.74) is 1.49. The normalized spacial score (nSPS) is 22.0. The van der Waals surface area contributed by atoms with E-state index in [0.717, 1.165) is 18.5 Å². The molecule has 2 rings (SSSR count). The molecular weight excluding hydrogens is 312 g/mol. The van der Waals surface area contributed by atoms with Gasteiger partial charge in [-0.25, -0.2) is 0 Å². The zero-order valence-electron chi connectivity index (χ0n) is 12.7. The van der Waals surface area contributed by atoms with Gasteiger partial charge < -0.3 is 10.2 Å². The molecule has 0 unspecified atom stereocenters. The third kappa shape index (κ3) is 4.57. The molecule has 1 fully saturated rings. The predicted molar refractivity (Wildman–Crippen MR) is 90.3 cm³/mol. The summed E-state index contributed by atoms with van der Waals surface area (Å²) in [6, 6.07) is 9.54. The average Bonchev–Trinajstić information content (AvgIpc) is 2.41. The average molecular weight is 339 g/mol. The number of benzene rings is 1. The fourth-order valence-electron chi connectivity index (χ4n) is 2.96. The van der Waals surface area contributed by atoms with Gasteiger partial charge in [0, 0.05) is 23.6 Å².